The number of anilines is 2. The average Bonchev–Trinajstić information content (AvgIpc) is 2.67. The van der Waals surface area contributed by atoms with Crippen molar-refractivity contribution in [1.82, 2.24) is 0 Å². The van der Waals surface area contributed by atoms with E-state index in [2.05, 4.69) is 15.2 Å². The van der Waals surface area contributed by atoms with E-state index in [-0.39, 0.29) is 5.75 Å². The van der Waals surface area contributed by atoms with Crippen molar-refractivity contribution in [2.45, 2.75) is 6.54 Å². The van der Waals surface area contributed by atoms with Gasteiger partial charge in [-0.2, -0.15) is 18.8 Å². The first-order chi connectivity index (χ1) is 12.9. The van der Waals surface area contributed by atoms with E-state index in [4.69, 9.17) is 10.4 Å². The predicted octanol–water partition coefficient (Wildman–Crippen LogP) is 3.48. The Morgan fingerprint density at radius 1 is 0.889 bits per heavy atom. The van der Waals surface area contributed by atoms with Crippen LogP contribution in [0.15, 0.2) is 78.9 Å². The molecule has 7 heteroatoms. The lowest BCUT2D eigenvalue weighted by atomic mass is 10.1. The number of nitriles is 1. The van der Waals surface area contributed by atoms with Gasteiger partial charge in [0.05, 0.1) is 11.6 Å². The van der Waals surface area contributed by atoms with E-state index in [0.717, 1.165) is 16.9 Å². The van der Waals surface area contributed by atoms with Gasteiger partial charge in [-0.15, -0.1) is 0 Å². The molecule has 3 aromatic carbocycles. The van der Waals surface area contributed by atoms with Gasteiger partial charge in [-0.25, -0.2) is 0 Å². The summed E-state index contributed by atoms with van der Waals surface area (Å²) in [5.41, 5.74) is 3.47. The zero-order valence-corrected chi connectivity index (χ0v) is 15.1. The maximum atomic E-state index is 11.0. The fraction of sp³-hybridized carbons (Fsp3) is 0.0500. The summed E-state index contributed by atoms with van der Waals surface area (Å²) >= 11 is 0. The molecule has 136 valence electrons. The molecule has 0 aliphatic carbocycles. The first kappa shape index (κ1) is 18.5. The van der Waals surface area contributed by atoms with Gasteiger partial charge >= 0.3 is 10.3 Å². The zero-order valence-electron chi connectivity index (χ0n) is 14.3. The molecule has 3 aromatic rings. The third kappa shape index (κ3) is 5.07. The summed E-state index contributed by atoms with van der Waals surface area (Å²) in [4.78, 5) is 2.09. The van der Waals surface area contributed by atoms with Gasteiger partial charge in [0.15, 0.2) is 0 Å². The van der Waals surface area contributed by atoms with Crippen molar-refractivity contribution in [3.63, 3.8) is 0 Å². The number of hydrogen-bond acceptors (Lipinski definition) is 5. The molecule has 3 rings (SSSR count). The number of nitrogens with two attached hydrogens (primary N) is 1. The highest BCUT2D eigenvalue weighted by atomic mass is 32.2. The second kappa shape index (κ2) is 7.91. The average molecular weight is 379 g/mol. The van der Waals surface area contributed by atoms with Gasteiger partial charge in [0, 0.05) is 17.9 Å². The van der Waals surface area contributed by atoms with Crippen LogP contribution in [-0.2, 0) is 16.8 Å². The molecule has 27 heavy (non-hydrogen) atoms. The molecule has 0 aliphatic rings. The minimum Gasteiger partial charge on any atom is -0.371 e. The maximum absolute atomic E-state index is 11.0. The molecule has 0 atom stereocenters. The molecule has 0 fully saturated rings. The Balaban J connectivity index is 1.88. The molecule has 0 unspecified atom stereocenters. The van der Waals surface area contributed by atoms with E-state index in [1.165, 1.54) is 0 Å². The van der Waals surface area contributed by atoms with Gasteiger partial charge in [-0.05, 0) is 54.1 Å². The molecule has 0 saturated carbocycles. The van der Waals surface area contributed by atoms with Crippen molar-refractivity contribution in [2.24, 2.45) is 5.14 Å². The molecule has 0 bridgehead atoms. The van der Waals surface area contributed by atoms with E-state index in [1.54, 1.807) is 36.4 Å². The van der Waals surface area contributed by atoms with E-state index in [9.17, 15) is 8.42 Å². The molecule has 0 spiro atoms. The van der Waals surface area contributed by atoms with E-state index < -0.39 is 10.3 Å². The number of hydrogen-bond donors (Lipinski definition) is 1. The summed E-state index contributed by atoms with van der Waals surface area (Å²) in [6.45, 7) is 0.547. The van der Waals surface area contributed by atoms with Crippen molar-refractivity contribution in [3.8, 4) is 11.8 Å². The molecule has 0 heterocycles. The van der Waals surface area contributed by atoms with Gasteiger partial charge in [0.2, 0.25) is 0 Å². The Hall–Kier alpha value is -3.34. The summed E-state index contributed by atoms with van der Waals surface area (Å²) in [5.74, 6) is 0.158. The minimum atomic E-state index is -4.04. The number of rotatable bonds is 6. The molecule has 2 N–H and O–H groups in total. The highest BCUT2D eigenvalue weighted by Gasteiger charge is 2.11. The quantitative estimate of drug-likeness (QED) is 0.707. The van der Waals surface area contributed by atoms with Crippen molar-refractivity contribution in [1.29, 1.82) is 5.26 Å². The van der Waals surface area contributed by atoms with Crippen LogP contribution < -0.4 is 14.2 Å². The summed E-state index contributed by atoms with van der Waals surface area (Å²) < 4.78 is 26.7. The SMILES string of the molecule is N#Cc1ccc(N(Cc2ccc(OS(N)(=O)=O)cc2)c2ccccc2)cc1. The second-order valence-corrected chi connectivity index (χ2v) is 6.95. The van der Waals surface area contributed by atoms with Crippen LogP contribution >= 0.6 is 0 Å². The number of para-hydroxylation sites is 1. The third-order valence-electron chi connectivity index (χ3n) is 3.85. The Labute approximate surface area is 158 Å². The summed E-state index contributed by atoms with van der Waals surface area (Å²) in [6, 6.07) is 26.0. The van der Waals surface area contributed by atoms with Crippen LogP contribution in [0.3, 0.4) is 0 Å². The summed E-state index contributed by atoms with van der Waals surface area (Å²) in [5, 5.41) is 13.9. The monoisotopic (exact) mass is 379 g/mol. The Morgan fingerprint density at radius 3 is 2.04 bits per heavy atom. The second-order valence-electron chi connectivity index (χ2n) is 5.80. The lowest BCUT2D eigenvalue weighted by Crippen LogP contribution is -2.19. The molecular weight excluding hydrogens is 362 g/mol. The van der Waals surface area contributed by atoms with Gasteiger partial charge in [-0.1, -0.05) is 30.3 Å². The highest BCUT2D eigenvalue weighted by Crippen LogP contribution is 2.28. The van der Waals surface area contributed by atoms with Crippen molar-refractivity contribution >= 4 is 21.7 Å². The van der Waals surface area contributed by atoms with E-state index >= 15 is 0 Å². The van der Waals surface area contributed by atoms with Crippen molar-refractivity contribution in [2.75, 3.05) is 4.90 Å². The normalized spacial score (nSPS) is 10.8. The van der Waals surface area contributed by atoms with E-state index in [0.29, 0.717) is 12.1 Å². The summed E-state index contributed by atoms with van der Waals surface area (Å²) in [6.07, 6.45) is 0. The van der Waals surface area contributed by atoms with Gasteiger partial charge in [0.25, 0.3) is 0 Å². The molecular formula is C20H17N3O3S. The summed E-state index contributed by atoms with van der Waals surface area (Å²) in [7, 11) is -4.04. The van der Waals surface area contributed by atoms with Crippen molar-refractivity contribution < 1.29 is 12.6 Å². The van der Waals surface area contributed by atoms with Crippen LogP contribution in [0.1, 0.15) is 11.1 Å². The Morgan fingerprint density at radius 2 is 1.48 bits per heavy atom. The standard InChI is InChI=1S/C20H17N3O3S/c21-14-16-6-10-19(11-7-16)23(18-4-2-1-3-5-18)15-17-8-12-20(13-9-17)26-27(22,24)25/h1-13H,15H2,(H2,22,24,25). The zero-order chi connectivity index (χ0) is 19.3. The molecule has 6 nitrogen and oxygen atoms in total. The molecule has 0 aromatic heterocycles. The fourth-order valence-electron chi connectivity index (χ4n) is 2.62. The van der Waals surface area contributed by atoms with Crippen LogP contribution in [0.5, 0.6) is 5.75 Å². The largest absolute Gasteiger partial charge is 0.380 e. The molecule has 0 saturated heterocycles. The van der Waals surface area contributed by atoms with Crippen LogP contribution in [-0.4, -0.2) is 8.42 Å². The van der Waals surface area contributed by atoms with Gasteiger partial charge < -0.3 is 9.08 Å². The number of benzene rings is 3. The van der Waals surface area contributed by atoms with Crippen LogP contribution in [0.2, 0.25) is 0 Å². The Bertz CT molecular complexity index is 1040. The van der Waals surface area contributed by atoms with Crippen LogP contribution in [0.25, 0.3) is 0 Å². The van der Waals surface area contributed by atoms with Gasteiger partial charge in [0.1, 0.15) is 5.75 Å². The Kier molecular flexibility index (Phi) is 5.41. The topological polar surface area (TPSA) is 96.4 Å². The van der Waals surface area contributed by atoms with Gasteiger partial charge in [-0.3, -0.25) is 0 Å². The lowest BCUT2D eigenvalue weighted by Gasteiger charge is -2.25. The smallest absolute Gasteiger partial charge is 0.371 e. The van der Waals surface area contributed by atoms with E-state index in [1.807, 2.05) is 42.5 Å². The highest BCUT2D eigenvalue weighted by molar-refractivity contribution is 7.84. The first-order valence-corrected chi connectivity index (χ1v) is 9.56. The maximum Gasteiger partial charge on any atom is 0.380 e. The predicted molar refractivity (Wildman–Crippen MR) is 104 cm³/mol. The number of nitrogens with zero attached hydrogens (tertiary/aromatic N) is 2. The third-order valence-corrected chi connectivity index (χ3v) is 4.28. The first-order valence-electron chi connectivity index (χ1n) is 8.08. The minimum absolute atomic E-state index is 0.158. The van der Waals surface area contributed by atoms with Crippen molar-refractivity contribution in [3.05, 3.63) is 90.0 Å². The fourth-order valence-corrected chi connectivity index (χ4v) is 3.00. The van der Waals surface area contributed by atoms with Crippen LogP contribution in [0, 0.1) is 11.3 Å². The molecule has 0 radical (unpaired) electrons. The molecule has 0 aliphatic heterocycles. The van der Waals surface area contributed by atoms with Crippen LogP contribution in [0.4, 0.5) is 11.4 Å². The molecule has 0 amide bonds. The lowest BCUT2D eigenvalue weighted by molar-refractivity contribution is 0.487.